The molecule has 0 radical (unpaired) electrons. The van der Waals surface area contributed by atoms with Crippen LogP contribution in [0.15, 0.2) is 18.2 Å². The zero-order valence-electron chi connectivity index (χ0n) is 9.10. The number of halogens is 1. The minimum Gasteiger partial charge on any atom is -0.383 e. The summed E-state index contributed by atoms with van der Waals surface area (Å²) in [6.07, 6.45) is 2.30. The van der Waals surface area contributed by atoms with Gasteiger partial charge in [-0.25, -0.2) is 4.39 Å². The van der Waals surface area contributed by atoms with Crippen molar-refractivity contribution in [3.05, 3.63) is 29.6 Å². The van der Waals surface area contributed by atoms with Gasteiger partial charge < -0.3 is 5.32 Å². The molecule has 0 heterocycles. The summed E-state index contributed by atoms with van der Waals surface area (Å²) in [6, 6.07) is 5.59. The molecule has 0 bridgehead atoms. The van der Waals surface area contributed by atoms with Gasteiger partial charge in [0.1, 0.15) is 5.82 Å². The first kappa shape index (κ1) is 11.0. The minimum absolute atomic E-state index is 0.140. The topological polar surface area (TPSA) is 12.0 Å². The SMILES string of the molecule is CCCC(C)Nc1ccc(F)c(C)c1. The van der Waals surface area contributed by atoms with E-state index in [1.54, 1.807) is 13.0 Å². The molecule has 0 saturated carbocycles. The highest BCUT2D eigenvalue weighted by molar-refractivity contribution is 5.46. The predicted molar refractivity (Wildman–Crippen MR) is 59.1 cm³/mol. The monoisotopic (exact) mass is 195 g/mol. The molecule has 2 heteroatoms. The van der Waals surface area contributed by atoms with Crippen LogP contribution in [0.4, 0.5) is 10.1 Å². The third-order valence-electron chi connectivity index (χ3n) is 2.29. The van der Waals surface area contributed by atoms with Gasteiger partial charge >= 0.3 is 0 Å². The summed E-state index contributed by atoms with van der Waals surface area (Å²) in [7, 11) is 0. The van der Waals surface area contributed by atoms with Crippen molar-refractivity contribution in [1.29, 1.82) is 0 Å². The predicted octanol–water partition coefficient (Wildman–Crippen LogP) is 3.73. The summed E-state index contributed by atoms with van der Waals surface area (Å²) in [5.41, 5.74) is 1.70. The van der Waals surface area contributed by atoms with Crippen molar-refractivity contribution in [2.45, 2.75) is 39.7 Å². The Labute approximate surface area is 85.3 Å². The molecule has 0 saturated heterocycles. The first-order chi connectivity index (χ1) is 6.63. The van der Waals surface area contributed by atoms with E-state index < -0.39 is 0 Å². The van der Waals surface area contributed by atoms with Crippen molar-refractivity contribution in [3.63, 3.8) is 0 Å². The van der Waals surface area contributed by atoms with E-state index >= 15 is 0 Å². The quantitative estimate of drug-likeness (QED) is 0.771. The molecule has 1 nitrogen and oxygen atoms in total. The maximum absolute atomic E-state index is 13.0. The largest absolute Gasteiger partial charge is 0.383 e. The van der Waals surface area contributed by atoms with Gasteiger partial charge in [-0.05, 0) is 44.0 Å². The number of anilines is 1. The van der Waals surface area contributed by atoms with E-state index in [1.165, 1.54) is 6.07 Å². The second-order valence-electron chi connectivity index (χ2n) is 3.80. The maximum atomic E-state index is 13.0. The highest BCUT2D eigenvalue weighted by Crippen LogP contribution is 2.15. The molecule has 0 spiro atoms. The van der Waals surface area contributed by atoms with Crippen LogP contribution in [0, 0.1) is 12.7 Å². The lowest BCUT2D eigenvalue weighted by Crippen LogP contribution is -2.14. The van der Waals surface area contributed by atoms with Crippen molar-refractivity contribution < 1.29 is 4.39 Å². The summed E-state index contributed by atoms with van der Waals surface area (Å²) in [5, 5.41) is 3.34. The number of nitrogens with one attached hydrogen (secondary N) is 1. The van der Waals surface area contributed by atoms with Crippen LogP contribution in [-0.4, -0.2) is 6.04 Å². The van der Waals surface area contributed by atoms with E-state index in [9.17, 15) is 4.39 Å². The summed E-state index contributed by atoms with van der Waals surface area (Å²) in [4.78, 5) is 0. The van der Waals surface area contributed by atoms with Gasteiger partial charge in [-0.15, -0.1) is 0 Å². The fourth-order valence-electron chi connectivity index (χ4n) is 1.52. The van der Waals surface area contributed by atoms with Crippen LogP contribution >= 0.6 is 0 Å². The smallest absolute Gasteiger partial charge is 0.126 e. The Balaban J connectivity index is 2.63. The Hall–Kier alpha value is -1.05. The lowest BCUT2D eigenvalue weighted by molar-refractivity contribution is 0.618. The number of hydrogen-bond acceptors (Lipinski definition) is 1. The lowest BCUT2D eigenvalue weighted by Gasteiger charge is -2.14. The average Bonchev–Trinajstić information content (AvgIpc) is 2.12. The molecule has 0 aliphatic heterocycles. The van der Waals surface area contributed by atoms with E-state index in [-0.39, 0.29) is 5.82 Å². The molecule has 1 aromatic rings. The zero-order chi connectivity index (χ0) is 10.6. The van der Waals surface area contributed by atoms with E-state index in [2.05, 4.69) is 19.2 Å². The Kier molecular flexibility index (Phi) is 3.93. The number of benzene rings is 1. The van der Waals surface area contributed by atoms with Gasteiger partial charge in [0.25, 0.3) is 0 Å². The zero-order valence-corrected chi connectivity index (χ0v) is 9.10. The normalized spacial score (nSPS) is 12.6. The van der Waals surface area contributed by atoms with Crippen molar-refractivity contribution in [1.82, 2.24) is 0 Å². The molecule has 78 valence electrons. The minimum atomic E-state index is -0.140. The number of hydrogen-bond donors (Lipinski definition) is 1. The van der Waals surface area contributed by atoms with Gasteiger partial charge in [0.05, 0.1) is 0 Å². The molecule has 1 unspecified atom stereocenters. The van der Waals surface area contributed by atoms with Gasteiger partial charge in [0, 0.05) is 11.7 Å². The van der Waals surface area contributed by atoms with Crippen LogP contribution in [0.25, 0.3) is 0 Å². The van der Waals surface area contributed by atoms with Crippen LogP contribution in [0.3, 0.4) is 0 Å². The van der Waals surface area contributed by atoms with E-state index in [1.807, 2.05) is 6.07 Å². The van der Waals surface area contributed by atoms with E-state index in [0.29, 0.717) is 11.6 Å². The molecule has 1 aromatic carbocycles. The van der Waals surface area contributed by atoms with Crippen LogP contribution in [-0.2, 0) is 0 Å². The molecule has 0 aliphatic carbocycles. The second-order valence-corrected chi connectivity index (χ2v) is 3.80. The van der Waals surface area contributed by atoms with E-state index in [0.717, 1.165) is 18.5 Å². The van der Waals surface area contributed by atoms with Gasteiger partial charge in [-0.2, -0.15) is 0 Å². The molecule has 1 atom stereocenters. The molecular formula is C12H18FN. The Morgan fingerprint density at radius 1 is 1.43 bits per heavy atom. The van der Waals surface area contributed by atoms with Crippen molar-refractivity contribution in [2.24, 2.45) is 0 Å². The third-order valence-corrected chi connectivity index (χ3v) is 2.29. The highest BCUT2D eigenvalue weighted by atomic mass is 19.1. The molecule has 0 fully saturated rings. The van der Waals surface area contributed by atoms with Gasteiger partial charge in [0.2, 0.25) is 0 Å². The lowest BCUT2D eigenvalue weighted by atomic mass is 10.1. The maximum Gasteiger partial charge on any atom is 0.126 e. The molecule has 0 amide bonds. The Morgan fingerprint density at radius 3 is 2.71 bits per heavy atom. The summed E-state index contributed by atoms with van der Waals surface area (Å²) in [5.74, 6) is -0.140. The molecule has 0 aromatic heterocycles. The molecule has 14 heavy (non-hydrogen) atoms. The van der Waals surface area contributed by atoms with Gasteiger partial charge in [-0.1, -0.05) is 13.3 Å². The average molecular weight is 195 g/mol. The molecular weight excluding hydrogens is 177 g/mol. The van der Waals surface area contributed by atoms with Crippen LogP contribution < -0.4 is 5.32 Å². The second kappa shape index (κ2) is 4.99. The highest BCUT2D eigenvalue weighted by Gasteiger charge is 2.02. The molecule has 1 N–H and O–H groups in total. The van der Waals surface area contributed by atoms with Crippen molar-refractivity contribution >= 4 is 5.69 Å². The summed E-state index contributed by atoms with van der Waals surface area (Å²) >= 11 is 0. The summed E-state index contributed by atoms with van der Waals surface area (Å²) < 4.78 is 13.0. The van der Waals surface area contributed by atoms with Crippen LogP contribution in [0.5, 0.6) is 0 Å². The van der Waals surface area contributed by atoms with E-state index in [4.69, 9.17) is 0 Å². The Morgan fingerprint density at radius 2 is 2.14 bits per heavy atom. The summed E-state index contributed by atoms with van der Waals surface area (Å²) in [6.45, 7) is 6.08. The van der Waals surface area contributed by atoms with Crippen molar-refractivity contribution in [2.75, 3.05) is 5.32 Å². The van der Waals surface area contributed by atoms with Crippen LogP contribution in [0.1, 0.15) is 32.3 Å². The third kappa shape index (κ3) is 3.02. The molecule has 0 aliphatic rings. The first-order valence-corrected chi connectivity index (χ1v) is 5.16. The van der Waals surface area contributed by atoms with Gasteiger partial charge in [0.15, 0.2) is 0 Å². The number of rotatable bonds is 4. The standard InChI is InChI=1S/C12H18FN/c1-4-5-10(3)14-11-6-7-12(13)9(2)8-11/h6-8,10,14H,4-5H2,1-3H3. The number of aryl methyl sites for hydroxylation is 1. The Bertz CT molecular complexity index is 296. The van der Waals surface area contributed by atoms with Crippen LogP contribution in [0.2, 0.25) is 0 Å². The van der Waals surface area contributed by atoms with Crippen molar-refractivity contribution in [3.8, 4) is 0 Å². The fourth-order valence-corrected chi connectivity index (χ4v) is 1.52. The molecule has 1 rings (SSSR count). The fraction of sp³-hybridized carbons (Fsp3) is 0.500. The first-order valence-electron chi connectivity index (χ1n) is 5.16. The van der Waals surface area contributed by atoms with Gasteiger partial charge in [-0.3, -0.25) is 0 Å².